The second-order valence-electron chi connectivity index (χ2n) is 6.68. The van der Waals surface area contributed by atoms with Gasteiger partial charge in [0.15, 0.2) is 0 Å². The summed E-state index contributed by atoms with van der Waals surface area (Å²) in [6.07, 6.45) is 0.611. The van der Waals surface area contributed by atoms with Gasteiger partial charge in [0.25, 0.3) is 0 Å². The highest BCUT2D eigenvalue weighted by Gasteiger charge is 2.25. The first-order valence-corrected chi connectivity index (χ1v) is 7.98. The number of benzene rings is 2. The molecule has 0 spiro atoms. The Labute approximate surface area is 138 Å². The van der Waals surface area contributed by atoms with Crippen LogP contribution in [0.15, 0.2) is 48.5 Å². The Hall–Kier alpha value is -2.13. The molecule has 2 N–H and O–H groups in total. The van der Waals surface area contributed by atoms with Crippen molar-refractivity contribution in [3.63, 3.8) is 0 Å². The lowest BCUT2D eigenvalue weighted by Crippen LogP contribution is -2.28. The number of rotatable bonds is 7. The molecule has 0 aliphatic carbocycles. The lowest BCUT2D eigenvalue weighted by Gasteiger charge is -2.19. The lowest BCUT2D eigenvalue weighted by molar-refractivity contribution is -0.147. The Balaban J connectivity index is 1.93. The van der Waals surface area contributed by atoms with Crippen molar-refractivity contribution in [2.75, 3.05) is 6.54 Å². The number of hydrogen-bond donors (Lipinski definition) is 2. The van der Waals surface area contributed by atoms with Crippen LogP contribution in [0, 0.1) is 12.3 Å². The first-order chi connectivity index (χ1) is 10.9. The van der Waals surface area contributed by atoms with E-state index in [9.17, 15) is 4.79 Å². The summed E-state index contributed by atoms with van der Waals surface area (Å²) < 4.78 is 0. The highest BCUT2D eigenvalue weighted by atomic mass is 16.4. The first-order valence-electron chi connectivity index (χ1n) is 7.98. The summed E-state index contributed by atoms with van der Waals surface area (Å²) in [6, 6.07) is 17.0. The monoisotopic (exact) mass is 311 g/mol. The van der Waals surface area contributed by atoms with E-state index in [0.29, 0.717) is 13.0 Å². The molecular weight excluding hydrogens is 286 g/mol. The molecule has 0 fully saturated rings. The van der Waals surface area contributed by atoms with Gasteiger partial charge in [-0.2, -0.15) is 0 Å². The van der Waals surface area contributed by atoms with Crippen LogP contribution in [0.25, 0.3) is 11.1 Å². The molecule has 0 aliphatic rings. The molecule has 0 atom stereocenters. The third kappa shape index (κ3) is 4.93. The fourth-order valence-corrected chi connectivity index (χ4v) is 2.35. The molecule has 0 saturated heterocycles. The van der Waals surface area contributed by atoms with Gasteiger partial charge in [0.1, 0.15) is 0 Å². The van der Waals surface area contributed by atoms with Gasteiger partial charge in [0.2, 0.25) is 0 Å². The summed E-state index contributed by atoms with van der Waals surface area (Å²) >= 11 is 0. The smallest absolute Gasteiger partial charge is 0.309 e. The number of nitrogens with one attached hydrogen (secondary N) is 1. The number of aliphatic carboxylic acids is 1. The van der Waals surface area contributed by atoms with Crippen molar-refractivity contribution in [1.29, 1.82) is 0 Å². The summed E-state index contributed by atoms with van der Waals surface area (Å²) in [5.74, 6) is -0.749. The van der Waals surface area contributed by atoms with Gasteiger partial charge < -0.3 is 10.4 Å². The average Bonchev–Trinajstić information content (AvgIpc) is 2.52. The molecule has 0 heterocycles. The molecular formula is C20H25NO2. The zero-order chi connectivity index (χ0) is 16.9. The van der Waals surface area contributed by atoms with E-state index in [2.05, 4.69) is 60.8 Å². The van der Waals surface area contributed by atoms with Crippen molar-refractivity contribution >= 4 is 5.97 Å². The fourth-order valence-electron chi connectivity index (χ4n) is 2.35. The van der Waals surface area contributed by atoms with E-state index in [1.54, 1.807) is 13.8 Å². The van der Waals surface area contributed by atoms with Crippen LogP contribution in [0.1, 0.15) is 31.4 Å². The molecule has 122 valence electrons. The molecule has 0 aliphatic heterocycles. The summed E-state index contributed by atoms with van der Waals surface area (Å²) in [6.45, 7) is 7.04. The van der Waals surface area contributed by atoms with Crippen LogP contribution in [0.5, 0.6) is 0 Å². The number of carboxylic acids is 1. The van der Waals surface area contributed by atoms with Crippen LogP contribution < -0.4 is 5.32 Å². The van der Waals surface area contributed by atoms with Crippen LogP contribution in [-0.2, 0) is 11.3 Å². The third-order valence-corrected chi connectivity index (χ3v) is 4.15. The zero-order valence-corrected chi connectivity index (χ0v) is 14.1. The maximum absolute atomic E-state index is 11.1. The molecule has 0 saturated carbocycles. The van der Waals surface area contributed by atoms with Crippen molar-refractivity contribution in [3.05, 3.63) is 59.7 Å². The summed E-state index contributed by atoms with van der Waals surface area (Å²) in [5, 5.41) is 12.4. The van der Waals surface area contributed by atoms with Crippen LogP contribution in [0.4, 0.5) is 0 Å². The predicted molar refractivity (Wildman–Crippen MR) is 94.4 cm³/mol. The highest BCUT2D eigenvalue weighted by molar-refractivity contribution is 5.73. The predicted octanol–water partition coefficient (Wildman–Crippen LogP) is 4.25. The highest BCUT2D eigenvalue weighted by Crippen LogP contribution is 2.21. The van der Waals surface area contributed by atoms with Crippen LogP contribution >= 0.6 is 0 Å². The van der Waals surface area contributed by atoms with E-state index in [1.165, 1.54) is 22.3 Å². The Morgan fingerprint density at radius 1 is 1.09 bits per heavy atom. The number of hydrogen-bond acceptors (Lipinski definition) is 2. The van der Waals surface area contributed by atoms with Crippen molar-refractivity contribution in [2.24, 2.45) is 5.41 Å². The van der Waals surface area contributed by atoms with Crippen LogP contribution in [0.3, 0.4) is 0 Å². The summed E-state index contributed by atoms with van der Waals surface area (Å²) in [7, 11) is 0. The lowest BCUT2D eigenvalue weighted by atomic mass is 9.90. The first kappa shape index (κ1) is 17.2. The Kier molecular flexibility index (Phi) is 5.56. The standard InChI is InChI=1S/C20H25NO2/c1-15-7-9-17(10-8-15)18-6-4-5-16(13-18)14-21-12-11-20(2,3)19(22)23/h4-10,13,21H,11-12,14H2,1-3H3,(H,22,23). The molecule has 0 radical (unpaired) electrons. The summed E-state index contributed by atoms with van der Waals surface area (Å²) in [5.41, 5.74) is 4.19. The SMILES string of the molecule is Cc1ccc(-c2cccc(CNCCC(C)(C)C(=O)O)c2)cc1. The van der Waals surface area contributed by atoms with E-state index >= 15 is 0 Å². The van der Waals surface area contributed by atoms with Gasteiger partial charge in [-0.25, -0.2) is 0 Å². The van der Waals surface area contributed by atoms with Gasteiger partial charge in [-0.1, -0.05) is 48.0 Å². The molecule has 0 unspecified atom stereocenters. The molecule has 23 heavy (non-hydrogen) atoms. The van der Waals surface area contributed by atoms with E-state index < -0.39 is 11.4 Å². The minimum absolute atomic E-state index is 0.611. The van der Waals surface area contributed by atoms with Crippen LogP contribution in [0.2, 0.25) is 0 Å². The van der Waals surface area contributed by atoms with Crippen molar-refractivity contribution in [3.8, 4) is 11.1 Å². The average molecular weight is 311 g/mol. The van der Waals surface area contributed by atoms with Crippen molar-refractivity contribution in [1.82, 2.24) is 5.32 Å². The minimum atomic E-state index is -0.749. The molecule has 2 aromatic rings. The van der Waals surface area contributed by atoms with Crippen molar-refractivity contribution < 1.29 is 9.90 Å². The second-order valence-corrected chi connectivity index (χ2v) is 6.68. The third-order valence-electron chi connectivity index (χ3n) is 4.15. The Morgan fingerprint density at radius 2 is 1.78 bits per heavy atom. The van der Waals surface area contributed by atoms with Gasteiger partial charge in [-0.15, -0.1) is 0 Å². The maximum Gasteiger partial charge on any atom is 0.309 e. The fraction of sp³-hybridized carbons (Fsp3) is 0.350. The molecule has 3 heteroatoms. The van der Waals surface area contributed by atoms with Gasteiger partial charge in [0.05, 0.1) is 5.41 Å². The molecule has 2 aromatic carbocycles. The molecule has 0 bridgehead atoms. The molecule has 0 aromatic heterocycles. The maximum atomic E-state index is 11.1. The van der Waals surface area contributed by atoms with Gasteiger partial charge in [-0.3, -0.25) is 4.79 Å². The van der Waals surface area contributed by atoms with Crippen LogP contribution in [-0.4, -0.2) is 17.6 Å². The van der Waals surface area contributed by atoms with E-state index in [0.717, 1.165) is 6.54 Å². The normalized spacial score (nSPS) is 11.4. The zero-order valence-electron chi connectivity index (χ0n) is 14.1. The number of carbonyl (C=O) groups is 1. The molecule has 0 amide bonds. The molecule has 2 rings (SSSR count). The Morgan fingerprint density at radius 3 is 2.43 bits per heavy atom. The number of aryl methyl sites for hydroxylation is 1. The van der Waals surface area contributed by atoms with Gasteiger partial charge >= 0.3 is 5.97 Å². The topological polar surface area (TPSA) is 49.3 Å². The van der Waals surface area contributed by atoms with E-state index in [-0.39, 0.29) is 0 Å². The largest absolute Gasteiger partial charge is 0.481 e. The van der Waals surface area contributed by atoms with Gasteiger partial charge in [-0.05, 0) is 56.5 Å². The quantitative estimate of drug-likeness (QED) is 0.751. The second kappa shape index (κ2) is 7.42. The number of carboxylic acid groups (broad SMARTS) is 1. The van der Waals surface area contributed by atoms with Crippen molar-refractivity contribution in [2.45, 2.75) is 33.7 Å². The van der Waals surface area contributed by atoms with E-state index in [1.807, 2.05) is 0 Å². The molecule has 3 nitrogen and oxygen atoms in total. The van der Waals surface area contributed by atoms with Gasteiger partial charge in [0, 0.05) is 6.54 Å². The summed E-state index contributed by atoms with van der Waals surface area (Å²) in [4.78, 5) is 11.1. The Bertz CT molecular complexity index is 660. The minimum Gasteiger partial charge on any atom is -0.481 e. The van der Waals surface area contributed by atoms with E-state index in [4.69, 9.17) is 5.11 Å².